The lowest BCUT2D eigenvalue weighted by molar-refractivity contribution is -0.276. The average molecular weight is 362 g/mol. The number of hydrogen-bond donors (Lipinski definition) is 0. The van der Waals surface area contributed by atoms with Crippen molar-refractivity contribution in [2.75, 3.05) is 0 Å². The number of hydrogen-bond acceptors (Lipinski definition) is 1. The molecule has 0 radical (unpaired) electrons. The van der Waals surface area contributed by atoms with Crippen LogP contribution in [-0.2, 0) is 0 Å². The first-order valence-electron chi connectivity index (χ1n) is 8.69. The topological polar surface area (TPSA) is 9.23 Å². The van der Waals surface area contributed by atoms with Gasteiger partial charge in [0, 0.05) is 0 Å². The molecule has 0 N–H and O–H groups in total. The second kappa shape index (κ2) is 8.68. The molecule has 0 amide bonds. The van der Waals surface area contributed by atoms with Crippen molar-refractivity contribution < 1.29 is 26.7 Å². The van der Waals surface area contributed by atoms with E-state index in [0.29, 0.717) is 11.5 Å². The van der Waals surface area contributed by atoms with Gasteiger partial charge in [0.15, 0.2) is 11.6 Å². The average Bonchev–Trinajstić information content (AvgIpc) is 2.54. The van der Waals surface area contributed by atoms with Crippen LogP contribution in [-0.4, -0.2) is 6.36 Å². The third-order valence-electron chi connectivity index (χ3n) is 4.70. The van der Waals surface area contributed by atoms with Gasteiger partial charge in [0.05, 0.1) is 0 Å². The van der Waals surface area contributed by atoms with Crippen molar-refractivity contribution in [1.82, 2.24) is 0 Å². The van der Waals surface area contributed by atoms with E-state index >= 15 is 0 Å². The van der Waals surface area contributed by atoms with E-state index in [-0.39, 0.29) is 5.92 Å². The first-order chi connectivity index (χ1) is 11.8. The Hall–Kier alpha value is -1.59. The maximum Gasteiger partial charge on any atom is 0.573 e. The van der Waals surface area contributed by atoms with E-state index in [2.05, 4.69) is 23.8 Å². The van der Waals surface area contributed by atoms with Gasteiger partial charge in [-0.2, -0.15) is 0 Å². The zero-order valence-corrected chi connectivity index (χ0v) is 14.2. The summed E-state index contributed by atoms with van der Waals surface area (Å²) in [5, 5.41) is 0. The Labute approximate surface area is 144 Å². The number of alkyl halides is 3. The zero-order valence-electron chi connectivity index (χ0n) is 14.2. The zero-order chi connectivity index (χ0) is 18.4. The molecule has 1 fully saturated rings. The molecule has 0 heterocycles. The van der Waals surface area contributed by atoms with E-state index < -0.39 is 23.7 Å². The lowest BCUT2D eigenvalue weighted by Crippen LogP contribution is -2.19. The van der Waals surface area contributed by atoms with E-state index in [9.17, 15) is 22.0 Å². The van der Waals surface area contributed by atoms with Gasteiger partial charge in [-0.05, 0) is 74.5 Å². The Morgan fingerprint density at radius 2 is 1.64 bits per heavy atom. The smallest absolute Gasteiger partial charge is 0.399 e. The molecule has 140 valence electrons. The molecule has 1 nitrogen and oxygen atoms in total. The summed E-state index contributed by atoms with van der Waals surface area (Å²) in [6, 6.07) is 1.94. The van der Waals surface area contributed by atoms with Crippen molar-refractivity contribution in [3.05, 3.63) is 41.5 Å². The highest BCUT2D eigenvalue weighted by molar-refractivity contribution is 5.33. The van der Waals surface area contributed by atoms with E-state index in [4.69, 9.17) is 0 Å². The Bertz CT molecular complexity index is 563. The summed E-state index contributed by atoms with van der Waals surface area (Å²) in [6.45, 7) is 2.09. The predicted octanol–water partition coefficient (Wildman–Crippen LogP) is 6.88. The molecule has 0 unspecified atom stereocenters. The van der Waals surface area contributed by atoms with Crippen LogP contribution in [0.4, 0.5) is 22.0 Å². The molecule has 2 rings (SSSR count). The summed E-state index contributed by atoms with van der Waals surface area (Å²) < 4.78 is 67.7. The number of benzene rings is 1. The quantitative estimate of drug-likeness (QED) is 0.396. The van der Waals surface area contributed by atoms with Gasteiger partial charge in [-0.3, -0.25) is 0 Å². The fourth-order valence-corrected chi connectivity index (χ4v) is 3.43. The highest BCUT2D eigenvalue weighted by Crippen LogP contribution is 2.39. The van der Waals surface area contributed by atoms with E-state index in [1.54, 1.807) is 0 Å². The fourth-order valence-electron chi connectivity index (χ4n) is 3.43. The second-order valence-corrected chi connectivity index (χ2v) is 6.54. The van der Waals surface area contributed by atoms with Gasteiger partial charge in [-0.15, -0.1) is 13.2 Å². The van der Waals surface area contributed by atoms with E-state index in [1.807, 2.05) is 0 Å². The van der Waals surface area contributed by atoms with Gasteiger partial charge in [-0.1, -0.05) is 19.1 Å². The molecular formula is C19H23F5O. The van der Waals surface area contributed by atoms with Crippen molar-refractivity contribution in [3.8, 4) is 5.75 Å². The van der Waals surface area contributed by atoms with Crippen LogP contribution in [0, 0.1) is 17.6 Å². The first-order valence-corrected chi connectivity index (χ1v) is 8.69. The molecule has 1 aromatic rings. The summed E-state index contributed by atoms with van der Waals surface area (Å²) in [7, 11) is 0. The molecule has 0 atom stereocenters. The Kier molecular flexibility index (Phi) is 6.85. The summed E-state index contributed by atoms with van der Waals surface area (Å²) in [6.07, 6.45) is 5.88. The Balaban J connectivity index is 1.96. The minimum atomic E-state index is -5.12. The van der Waals surface area contributed by atoms with Crippen LogP contribution in [0.2, 0.25) is 0 Å². The highest BCUT2D eigenvalue weighted by Gasteiger charge is 2.34. The fraction of sp³-hybridized carbons (Fsp3) is 0.579. The number of allylic oxidation sites excluding steroid dienone is 2. The van der Waals surface area contributed by atoms with Gasteiger partial charge in [0.1, 0.15) is 0 Å². The van der Waals surface area contributed by atoms with Crippen LogP contribution in [0.5, 0.6) is 5.75 Å². The number of ether oxygens (including phenoxy) is 1. The van der Waals surface area contributed by atoms with Gasteiger partial charge in [0.2, 0.25) is 5.75 Å². The van der Waals surface area contributed by atoms with E-state index in [1.165, 1.54) is 0 Å². The summed E-state index contributed by atoms with van der Waals surface area (Å²) in [5.74, 6) is -3.42. The molecule has 0 aromatic heterocycles. The van der Waals surface area contributed by atoms with Crippen molar-refractivity contribution >= 4 is 0 Å². The first kappa shape index (κ1) is 19.7. The molecule has 1 aliphatic carbocycles. The van der Waals surface area contributed by atoms with Crippen LogP contribution in [0.15, 0.2) is 24.3 Å². The van der Waals surface area contributed by atoms with Gasteiger partial charge in [0.25, 0.3) is 0 Å². The monoisotopic (exact) mass is 362 g/mol. The second-order valence-electron chi connectivity index (χ2n) is 6.54. The lowest BCUT2D eigenvalue weighted by atomic mass is 9.77. The molecule has 25 heavy (non-hydrogen) atoms. The largest absolute Gasteiger partial charge is 0.573 e. The third kappa shape index (κ3) is 6.01. The number of rotatable bonds is 6. The lowest BCUT2D eigenvalue weighted by Gasteiger charge is -2.29. The van der Waals surface area contributed by atoms with Crippen LogP contribution < -0.4 is 4.74 Å². The van der Waals surface area contributed by atoms with Gasteiger partial charge >= 0.3 is 6.36 Å². The molecule has 0 aliphatic heterocycles. The van der Waals surface area contributed by atoms with Crippen molar-refractivity contribution in [2.24, 2.45) is 5.92 Å². The minimum Gasteiger partial charge on any atom is -0.399 e. The molecule has 1 aliphatic rings. The maximum absolute atomic E-state index is 13.8. The van der Waals surface area contributed by atoms with E-state index in [0.717, 1.165) is 57.1 Å². The van der Waals surface area contributed by atoms with Crippen LogP contribution in [0.1, 0.15) is 63.4 Å². The minimum absolute atomic E-state index is 0.0219. The molecular weight excluding hydrogens is 339 g/mol. The van der Waals surface area contributed by atoms with Gasteiger partial charge < -0.3 is 4.74 Å². The summed E-state index contributed by atoms with van der Waals surface area (Å²) in [4.78, 5) is 0. The molecule has 1 saturated carbocycles. The molecule has 0 spiro atoms. The number of halogens is 5. The predicted molar refractivity (Wildman–Crippen MR) is 86.4 cm³/mol. The maximum atomic E-state index is 13.8. The molecule has 1 aromatic carbocycles. The van der Waals surface area contributed by atoms with Crippen molar-refractivity contribution in [1.29, 1.82) is 0 Å². The van der Waals surface area contributed by atoms with Crippen molar-refractivity contribution in [3.63, 3.8) is 0 Å². The molecule has 6 heteroatoms. The molecule has 0 bridgehead atoms. The molecule has 0 saturated heterocycles. The highest BCUT2D eigenvalue weighted by atomic mass is 19.4. The van der Waals surface area contributed by atoms with Crippen LogP contribution in [0.3, 0.4) is 0 Å². The summed E-state index contributed by atoms with van der Waals surface area (Å²) >= 11 is 0. The summed E-state index contributed by atoms with van der Waals surface area (Å²) in [5.41, 5.74) is 0.411. The van der Waals surface area contributed by atoms with Crippen LogP contribution in [0.25, 0.3) is 0 Å². The van der Waals surface area contributed by atoms with Crippen LogP contribution >= 0.6 is 0 Å². The normalized spacial score (nSPS) is 21.7. The Morgan fingerprint density at radius 1 is 1.04 bits per heavy atom. The SMILES string of the molecule is CCC=CCCC1CCC(c2cc(F)c(OC(F)(F)F)c(F)c2)CC1. The third-order valence-corrected chi connectivity index (χ3v) is 4.70. The van der Waals surface area contributed by atoms with Crippen molar-refractivity contribution in [2.45, 2.75) is 64.1 Å². The Morgan fingerprint density at radius 3 is 2.16 bits per heavy atom. The van der Waals surface area contributed by atoms with Gasteiger partial charge in [-0.25, -0.2) is 8.78 Å². The standard InChI is InChI=1S/C19H23F5O/c1-2-3-4-5-6-13-7-9-14(10-8-13)15-11-16(20)18(17(21)12-15)25-19(22,23)24/h3-4,11-14H,2,5-10H2,1H3.